The van der Waals surface area contributed by atoms with E-state index < -0.39 is 17.5 Å². The van der Waals surface area contributed by atoms with Crippen LogP contribution in [0.2, 0.25) is 0 Å². The fourth-order valence-corrected chi connectivity index (χ4v) is 3.68. The maximum atomic E-state index is 12.9. The first kappa shape index (κ1) is 21.4. The molecule has 2 amide bonds. The highest BCUT2D eigenvalue weighted by atomic mass is 79.9. The van der Waals surface area contributed by atoms with Gasteiger partial charge in [0.05, 0.1) is 5.41 Å². The first-order valence-corrected chi connectivity index (χ1v) is 9.97. The van der Waals surface area contributed by atoms with Crippen molar-refractivity contribution >= 4 is 33.4 Å². The van der Waals surface area contributed by atoms with Crippen LogP contribution in [0.1, 0.15) is 30.9 Å². The quantitative estimate of drug-likeness (QED) is 0.646. The summed E-state index contributed by atoms with van der Waals surface area (Å²) in [5, 5.41) is 2.87. The highest BCUT2D eigenvalue weighted by molar-refractivity contribution is 9.10. The Morgan fingerprint density at radius 1 is 1.14 bits per heavy atom. The molecule has 0 aliphatic heterocycles. The molecular weight excluding hydrogens is 449 g/mol. The summed E-state index contributed by atoms with van der Waals surface area (Å²) in [7, 11) is 0. The van der Waals surface area contributed by atoms with Crippen LogP contribution in [-0.2, 0) is 21.5 Å². The van der Waals surface area contributed by atoms with E-state index in [-0.39, 0.29) is 19.0 Å². The number of amides is 2. The highest BCUT2D eigenvalue weighted by Crippen LogP contribution is 2.49. The summed E-state index contributed by atoms with van der Waals surface area (Å²) in [5.74, 6) is -2.02. The summed E-state index contributed by atoms with van der Waals surface area (Å²) in [6.07, 6.45) is -3.44. The molecule has 1 aliphatic rings. The Morgan fingerprint density at radius 2 is 1.83 bits per heavy atom. The number of carbonyl (C=O) groups excluding carboxylic acids is 2. The molecular formula is C21H20BrF3N2O2. The third-order valence-corrected chi connectivity index (χ3v) is 5.52. The average Bonchev–Trinajstić information content (AvgIpc) is 3.47. The van der Waals surface area contributed by atoms with Gasteiger partial charge in [0, 0.05) is 23.2 Å². The minimum absolute atomic E-state index is 0.0685. The molecule has 8 heteroatoms. The van der Waals surface area contributed by atoms with Crippen molar-refractivity contribution in [1.29, 1.82) is 0 Å². The maximum Gasteiger partial charge on any atom is 0.471 e. The Balaban J connectivity index is 1.73. The summed E-state index contributed by atoms with van der Waals surface area (Å²) in [6.45, 7) is 1.24. The first-order chi connectivity index (χ1) is 13.7. The number of nitrogens with one attached hydrogen (secondary N) is 1. The van der Waals surface area contributed by atoms with Crippen LogP contribution in [0.3, 0.4) is 0 Å². The van der Waals surface area contributed by atoms with Crippen LogP contribution in [0.4, 0.5) is 18.9 Å². The topological polar surface area (TPSA) is 49.4 Å². The van der Waals surface area contributed by atoms with Gasteiger partial charge in [0.25, 0.3) is 0 Å². The number of hydrogen-bond donors (Lipinski definition) is 1. The van der Waals surface area contributed by atoms with Crippen LogP contribution in [0.5, 0.6) is 0 Å². The SMILES string of the molecule is CCN(Cc1cccc(NC(=O)C2(c3cccc(Br)c3)CC2)c1)C(=O)C(F)(F)F. The van der Waals surface area contributed by atoms with Gasteiger partial charge in [0.15, 0.2) is 0 Å². The Bertz CT molecular complexity index is 926. The molecule has 0 bridgehead atoms. The lowest BCUT2D eigenvalue weighted by Gasteiger charge is -2.22. The summed E-state index contributed by atoms with van der Waals surface area (Å²) in [6, 6.07) is 14.2. The summed E-state index contributed by atoms with van der Waals surface area (Å²) < 4.78 is 39.0. The Labute approximate surface area is 175 Å². The minimum Gasteiger partial charge on any atom is -0.331 e. The van der Waals surface area contributed by atoms with Crippen molar-refractivity contribution in [1.82, 2.24) is 4.90 Å². The van der Waals surface area contributed by atoms with E-state index in [0.29, 0.717) is 11.3 Å². The lowest BCUT2D eigenvalue weighted by Crippen LogP contribution is -2.40. The molecule has 0 radical (unpaired) electrons. The number of anilines is 1. The molecule has 0 aromatic heterocycles. The molecule has 1 aliphatic carbocycles. The van der Waals surface area contributed by atoms with E-state index >= 15 is 0 Å². The fourth-order valence-electron chi connectivity index (χ4n) is 3.28. The Kier molecular flexibility index (Phi) is 6.03. The van der Waals surface area contributed by atoms with Gasteiger partial charge in [-0.1, -0.05) is 40.2 Å². The van der Waals surface area contributed by atoms with Gasteiger partial charge in [-0.25, -0.2) is 0 Å². The number of hydrogen-bond acceptors (Lipinski definition) is 2. The van der Waals surface area contributed by atoms with Crippen molar-refractivity contribution < 1.29 is 22.8 Å². The lowest BCUT2D eigenvalue weighted by molar-refractivity contribution is -0.185. The molecule has 1 N–H and O–H groups in total. The molecule has 1 saturated carbocycles. The van der Waals surface area contributed by atoms with Crippen LogP contribution in [-0.4, -0.2) is 29.4 Å². The smallest absolute Gasteiger partial charge is 0.331 e. The second kappa shape index (κ2) is 8.18. The van der Waals surface area contributed by atoms with E-state index in [1.54, 1.807) is 24.3 Å². The average molecular weight is 469 g/mol. The minimum atomic E-state index is -4.91. The number of halogens is 4. The number of rotatable bonds is 6. The number of benzene rings is 2. The van der Waals surface area contributed by atoms with E-state index in [0.717, 1.165) is 27.8 Å². The van der Waals surface area contributed by atoms with Gasteiger partial charge in [0.2, 0.25) is 5.91 Å². The molecule has 29 heavy (non-hydrogen) atoms. The predicted molar refractivity (Wildman–Crippen MR) is 107 cm³/mol. The molecule has 0 saturated heterocycles. The molecule has 154 valence electrons. The van der Waals surface area contributed by atoms with Crippen LogP contribution < -0.4 is 5.32 Å². The van der Waals surface area contributed by atoms with Gasteiger partial charge in [0.1, 0.15) is 0 Å². The van der Waals surface area contributed by atoms with Gasteiger partial charge >= 0.3 is 12.1 Å². The van der Waals surface area contributed by atoms with Crippen molar-refractivity contribution in [3.63, 3.8) is 0 Å². The normalized spacial score (nSPS) is 14.9. The van der Waals surface area contributed by atoms with Gasteiger partial charge < -0.3 is 10.2 Å². The molecule has 0 unspecified atom stereocenters. The van der Waals surface area contributed by atoms with Gasteiger partial charge in [-0.05, 0) is 55.2 Å². The maximum absolute atomic E-state index is 12.9. The number of carbonyl (C=O) groups is 2. The van der Waals surface area contributed by atoms with E-state index in [9.17, 15) is 22.8 Å². The standard InChI is InChI=1S/C21H20BrF3N2O2/c1-2-27(19(29)21(23,24)25)13-14-5-3-8-17(11-14)26-18(28)20(9-10-20)15-6-4-7-16(22)12-15/h3-8,11-12H,2,9-10,13H2,1H3,(H,26,28). The first-order valence-electron chi connectivity index (χ1n) is 9.18. The third kappa shape index (κ3) is 4.80. The monoisotopic (exact) mass is 468 g/mol. The zero-order chi connectivity index (χ0) is 21.2. The largest absolute Gasteiger partial charge is 0.471 e. The zero-order valence-electron chi connectivity index (χ0n) is 15.7. The van der Waals surface area contributed by atoms with Gasteiger partial charge in [-0.15, -0.1) is 0 Å². The second-order valence-electron chi connectivity index (χ2n) is 7.06. The number of alkyl halides is 3. The number of nitrogens with zero attached hydrogens (tertiary/aromatic N) is 1. The van der Waals surface area contributed by atoms with E-state index in [1.165, 1.54) is 6.92 Å². The molecule has 3 rings (SSSR count). The predicted octanol–water partition coefficient (Wildman–Crippen LogP) is 5.03. The highest BCUT2D eigenvalue weighted by Gasteiger charge is 2.51. The molecule has 1 fully saturated rings. The van der Waals surface area contributed by atoms with Crippen molar-refractivity contribution in [2.45, 2.75) is 37.9 Å². The van der Waals surface area contributed by atoms with E-state index in [2.05, 4.69) is 21.2 Å². The lowest BCUT2D eigenvalue weighted by atomic mass is 9.95. The van der Waals surface area contributed by atoms with Crippen molar-refractivity contribution in [2.75, 3.05) is 11.9 Å². The third-order valence-electron chi connectivity index (χ3n) is 5.03. The summed E-state index contributed by atoms with van der Waals surface area (Å²) in [4.78, 5) is 25.1. The van der Waals surface area contributed by atoms with Crippen molar-refractivity contribution in [3.8, 4) is 0 Å². The zero-order valence-corrected chi connectivity index (χ0v) is 17.3. The molecule has 0 atom stereocenters. The molecule has 0 spiro atoms. The Morgan fingerprint density at radius 3 is 2.41 bits per heavy atom. The molecule has 0 heterocycles. The molecule has 2 aromatic carbocycles. The van der Waals surface area contributed by atoms with Crippen LogP contribution in [0.15, 0.2) is 53.0 Å². The summed E-state index contributed by atoms with van der Waals surface area (Å²) in [5.41, 5.74) is 1.34. The van der Waals surface area contributed by atoms with Crippen molar-refractivity contribution in [2.24, 2.45) is 0 Å². The van der Waals surface area contributed by atoms with E-state index in [1.807, 2.05) is 24.3 Å². The fraction of sp³-hybridized carbons (Fsp3) is 0.333. The van der Waals surface area contributed by atoms with E-state index in [4.69, 9.17) is 0 Å². The Hall–Kier alpha value is -2.35. The summed E-state index contributed by atoms with van der Waals surface area (Å²) >= 11 is 3.42. The van der Waals surface area contributed by atoms with Crippen molar-refractivity contribution in [3.05, 3.63) is 64.1 Å². The van der Waals surface area contributed by atoms with Gasteiger partial charge in [-0.2, -0.15) is 13.2 Å². The molecule has 2 aromatic rings. The van der Waals surface area contributed by atoms with Gasteiger partial charge in [-0.3, -0.25) is 9.59 Å². The van der Waals surface area contributed by atoms with Crippen LogP contribution >= 0.6 is 15.9 Å². The van der Waals surface area contributed by atoms with Crippen LogP contribution in [0, 0.1) is 0 Å². The van der Waals surface area contributed by atoms with Crippen LogP contribution in [0.25, 0.3) is 0 Å². The second-order valence-corrected chi connectivity index (χ2v) is 7.98. The molecule has 4 nitrogen and oxygen atoms in total.